The van der Waals surface area contributed by atoms with E-state index in [0.29, 0.717) is 18.4 Å². The molecule has 0 aromatic carbocycles. The number of hydrogen-bond donors (Lipinski definition) is 0. The second kappa shape index (κ2) is 7.10. The van der Waals surface area contributed by atoms with E-state index in [-0.39, 0.29) is 11.3 Å². The Kier molecular flexibility index (Phi) is 4.85. The second-order valence-electron chi connectivity index (χ2n) is 8.13. The molecule has 2 amide bonds. The molecule has 4 nitrogen and oxygen atoms in total. The van der Waals surface area contributed by atoms with Crippen molar-refractivity contribution in [1.82, 2.24) is 9.80 Å². The van der Waals surface area contributed by atoms with Crippen LogP contribution in [0.3, 0.4) is 0 Å². The van der Waals surface area contributed by atoms with E-state index in [1.54, 1.807) is 11.3 Å². The minimum atomic E-state index is -0.307. The average Bonchev–Trinajstić information content (AvgIpc) is 3.31. The molecule has 1 aromatic rings. The lowest BCUT2D eigenvalue weighted by Crippen LogP contribution is -2.51. The lowest BCUT2D eigenvalue weighted by Gasteiger charge is -2.41. The highest BCUT2D eigenvalue weighted by Crippen LogP contribution is 2.41. The van der Waals surface area contributed by atoms with Gasteiger partial charge in [-0.15, -0.1) is 0 Å². The fraction of sp³-hybridized carbons (Fsp3) is 0.700. The van der Waals surface area contributed by atoms with Crippen molar-refractivity contribution in [3.8, 4) is 0 Å². The van der Waals surface area contributed by atoms with Crippen LogP contribution in [-0.4, -0.2) is 47.8 Å². The van der Waals surface area contributed by atoms with Gasteiger partial charge < -0.3 is 9.80 Å². The molecule has 3 aliphatic rings. The summed E-state index contributed by atoms with van der Waals surface area (Å²) in [5.41, 5.74) is 0.461. The van der Waals surface area contributed by atoms with Crippen molar-refractivity contribution in [3.63, 3.8) is 0 Å². The molecule has 136 valence electrons. The van der Waals surface area contributed by atoms with Crippen LogP contribution in [0.1, 0.15) is 61.7 Å². The molecule has 1 atom stereocenters. The maximum atomic E-state index is 13.3. The molecule has 1 aliphatic carbocycles. The predicted molar refractivity (Wildman–Crippen MR) is 99.7 cm³/mol. The van der Waals surface area contributed by atoms with E-state index in [9.17, 15) is 9.59 Å². The van der Waals surface area contributed by atoms with Crippen molar-refractivity contribution in [1.29, 1.82) is 0 Å². The molecule has 4 rings (SSSR count). The quantitative estimate of drug-likeness (QED) is 0.823. The normalized spacial score (nSPS) is 28.1. The summed E-state index contributed by atoms with van der Waals surface area (Å²) in [6.45, 7) is 3.19. The number of rotatable bonds is 3. The summed E-state index contributed by atoms with van der Waals surface area (Å²) >= 11 is 1.55. The van der Waals surface area contributed by atoms with Crippen LogP contribution in [0.15, 0.2) is 16.8 Å². The van der Waals surface area contributed by atoms with Crippen molar-refractivity contribution in [2.75, 3.05) is 26.2 Å². The standard InChI is InChI=1S/C20H28N2O2S/c23-18(17-7-12-25-14-17)22-11-9-20(15-22)8-4-10-21(19(20)24)13-16-5-2-1-3-6-16/h7,12,14,16H,1-6,8-11,13,15H2/t20-/m1/s1. The number of piperidine rings is 1. The van der Waals surface area contributed by atoms with Crippen molar-refractivity contribution in [2.45, 2.75) is 51.4 Å². The molecule has 1 spiro atoms. The van der Waals surface area contributed by atoms with Crippen LogP contribution in [-0.2, 0) is 4.79 Å². The van der Waals surface area contributed by atoms with Gasteiger partial charge in [0.05, 0.1) is 11.0 Å². The molecule has 3 fully saturated rings. The van der Waals surface area contributed by atoms with Gasteiger partial charge in [-0.25, -0.2) is 0 Å². The topological polar surface area (TPSA) is 40.6 Å². The Morgan fingerprint density at radius 2 is 2.00 bits per heavy atom. The number of likely N-dealkylation sites (tertiary alicyclic amines) is 2. The van der Waals surface area contributed by atoms with Gasteiger partial charge in [0.25, 0.3) is 5.91 Å². The van der Waals surface area contributed by atoms with Crippen LogP contribution in [0.4, 0.5) is 0 Å². The van der Waals surface area contributed by atoms with E-state index < -0.39 is 0 Å². The molecule has 1 saturated carbocycles. The summed E-state index contributed by atoms with van der Waals surface area (Å²) < 4.78 is 0. The first-order valence-corrected chi connectivity index (χ1v) is 10.7. The fourth-order valence-electron chi connectivity index (χ4n) is 5.00. The second-order valence-corrected chi connectivity index (χ2v) is 8.91. The Morgan fingerprint density at radius 3 is 2.76 bits per heavy atom. The third-order valence-electron chi connectivity index (χ3n) is 6.44. The Hall–Kier alpha value is -1.36. The SMILES string of the molecule is O=C(c1ccsc1)N1CC[C@]2(CCCN(CC3CCCCC3)C2=O)C1. The maximum Gasteiger partial charge on any atom is 0.254 e. The van der Waals surface area contributed by atoms with Gasteiger partial charge in [-0.1, -0.05) is 19.3 Å². The monoisotopic (exact) mass is 360 g/mol. The van der Waals surface area contributed by atoms with Crippen LogP contribution in [0.5, 0.6) is 0 Å². The van der Waals surface area contributed by atoms with Crippen LogP contribution in [0, 0.1) is 11.3 Å². The Morgan fingerprint density at radius 1 is 1.16 bits per heavy atom. The highest BCUT2D eigenvalue weighted by atomic mass is 32.1. The molecule has 2 saturated heterocycles. The number of nitrogens with zero attached hydrogens (tertiary/aromatic N) is 2. The predicted octanol–water partition coefficient (Wildman–Crippen LogP) is 3.78. The molecule has 0 N–H and O–H groups in total. The molecule has 3 heterocycles. The zero-order valence-electron chi connectivity index (χ0n) is 14.9. The van der Waals surface area contributed by atoms with Crippen LogP contribution in [0.2, 0.25) is 0 Å². The zero-order valence-corrected chi connectivity index (χ0v) is 15.7. The highest BCUT2D eigenvalue weighted by Gasteiger charge is 2.49. The molecule has 0 bridgehead atoms. The largest absolute Gasteiger partial charge is 0.342 e. The van der Waals surface area contributed by atoms with Crippen molar-refractivity contribution >= 4 is 23.2 Å². The van der Waals surface area contributed by atoms with Gasteiger partial charge >= 0.3 is 0 Å². The lowest BCUT2D eigenvalue weighted by molar-refractivity contribution is -0.146. The molecule has 1 aromatic heterocycles. The number of amides is 2. The average molecular weight is 361 g/mol. The van der Waals surface area contributed by atoms with E-state index in [4.69, 9.17) is 0 Å². The van der Waals surface area contributed by atoms with E-state index in [2.05, 4.69) is 4.90 Å². The molecule has 5 heteroatoms. The molecule has 2 aliphatic heterocycles. The van der Waals surface area contributed by atoms with Crippen molar-refractivity contribution < 1.29 is 9.59 Å². The van der Waals surface area contributed by atoms with Gasteiger partial charge in [0.15, 0.2) is 0 Å². The maximum absolute atomic E-state index is 13.3. The first-order chi connectivity index (χ1) is 12.2. The minimum Gasteiger partial charge on any atom is -0.342 e. The highest BCUT2D eigenvalue weighted by molar-refractivity contribution is 7.08. The van der Waals surface area contributed by atoms with E-state index in [1.165, 1.54) is 32.1 Å². The Bertz CT molecular complexity index is 624. The summed E-state index contributed by atoms with van der Waals surface area (Å²) in [4.78, 5) is 30.0. The van der Waals surface area contributed by atoms with Crippen molar-refractivity contribution in [3.05, 3.63) is 22.4 Å². The van der Waals surface area contributed by atoms with E-state index in [1.807, 2.05) is 21.7 Å². The number of thiophene rings is 1. The third-order valence-corrected chi connectivity index (χ3v) is 7.12. The number of carbonyl (C=O) groups excluding carboxylic acids is 2. The molecule has 0 unspecified atom stereocenters. The summed E-state index contributed by atoms with van der Waals surface area (Å²) in [6, 6.07) is 1.88. The van der Waals surface area contributed by atoms with Gasteiger partial charge in [0, 0.05) is 31.6 Å². The van der Waals surface area contributed by atoms with Crippen LogP contribution in [0.25, 0.3) is 0 Å². The molecule has 25 heavy (non-hydrogen) atoms. The summed E-state index contributed by atoms with van der Waals surface area (Å²) in [6.07, 6.45) is 9.41. The van der Waals surface area contributed by atoms with Crippen LogP contribution >= 0.6 is 11.3 Å². The summed E-state index contributed by atoms with van der Waals surface area (Å²) in [5, 5.41) is 3.85. The molecular weight excluding hydrogens is 332 g/mol. The minimum absolute atomic E-state index is 0.0929. The zero-order chi connectivity index (χ0) is 17.3. The Balaban J connectivity index is 1.42. The van der Waals surface area contributed by atoms with Gasteiger partial charge in [0.2, 0.25) is 5.91 Å². The van der Waals surface area contributed by atoms with E-state index >= 15 is 0 Å². The van der Waals surface area contributed by atoms with Gasteiger partial charge in [-0.05, 0) is 49.5 Å². The smallest absolute Gasteiger partial charge is 0.254 e. The lowest BCUT2D eigenvalue weighted by atomic mass is 9.77. The first kappa shape index (κ1) is 17.1. The van der Waals surface area contributed by atoms with Gasteiger partial charge in [0.1, 0.15) is 0 Å². The number of carbonyl (C=O) groups is 2. The fourth-order valence-corrected chi connectivity index (χ4v) is 5.63. The van der Waals surface area contributed by atoms with Gasteiger partial charge in [-0.2, -0.15) is 11.3 Å². The van der Waals surface area contributed by atoms with Crippen LogP contribution < -0.4 is 0 Å². The van der Waals surface area contributed by atoms with Gasteiger partial charge in [-0.3, -0.25) is 9.59 Å². The number of hydrogen-bond acceptors (Lipinski definition) is 3. The molecule has 0 radical (unpaired) electrons. The third kappa shape index (κ3) is 3.35. The summed E-state index contributed by atoms with van der Waals surface area (Å²) in [5.74, 6) is 1.11. The first-order valence-electron chi connectivity index (χ1n) is 9.79. The van der Waals surface area contributed by atoms with E-state index in [0.717, 1.165) is 44.5 Å². The van der Waals surface area contributed by atoms with Crippen molar-refractivity contribution in [2.24, 2.45) is 11.3 Å². The Labute approximate surface area is 154 Å². The summed E-state index contributed by atoms with van der Waals surface area (Å²) in [7, 11) is 0. The molecular formula is C20H28N2O2S.